The van der Waals surface area contributed by atoms with Gasteiger partial charge < -0.3 is 14.4 Å². The maximum Gasteiger partial charge on any atom is 0.273 e. The van der Waals surface area contributed by atoms with Crippen LogP contribution in [0.25, 0.3) is 0 Å². The zero-order valence-electron chi connectivity index (χ0n) is 15.0. The van der Waals surface area contributed by atoms with Crippen molar-refractivity contribution in [2.75, 3.05) is 19.6 Å². The van der Waals surface area contributed by atoms with Crippen LogP contribution in [0.4, 0.5) is 0 Å². The van der Waals surface area contributed by atoms with Crippen molar-refractivity contribution in [1.29, 1.82) is 0 Å². The number of aromatic nitrogens is 3. The Labute approximate surface area is 148 Å². The average Bonchev–Trinajstić information content (AvgIpc) is 3.24. The van der Waals surface area contributed by atoms with Gasteiger partial charge in [-0.05, 0) is 50.6 Å². The van der Waals surface area contributed by atoms with Crippen molar-refractivity contribution in [3.05, 3.63) is 47.3 Å². The van der Waals surface area contributed by atoms with Gasteiger partial charge in [0.2, 0.25) is 0 Å². The van der Waals surface area contributed by atoms with Crippen molar-refractivity contribution in [2.45, 2.75) is 38.8 Å². The molecular formula is C19H25N5O. The van der Waals surface area contributed by atoms with Crippen molar-refractivity contribution >= 4 is 5.91 Å². The van der Waals surface area contributed by atoms with Gasteiger partial charge >= 0.3 is 0 Å². The number of amides is 1. The lowest BCUT2D eigenvalue weighted by molar-refractivity contribution is 0.0581. The number of fused-ring (bicyclic) bond motifs is 1. The van der Waals surface area contributed by atoms with Gasteiger partial charge in [0.1, 0.15) is 5.69 Å². The second-order valence-corrected chi connectivity index (χ2v) is 7.27. The van der Waals surface area contributed by atoms with E-state index >= 15 is 0 Å². The first-order valence-electron chi connectivity index (χ1n) is 9.07. The predicted molar refractivity (Wildman–Crippen MR) is 95.2 cm³/mol. The van der Waals surface area contributed by atoms with Gasteiger partial charge in [-0.25, -0.2) is 4.98 Å². The second kappa shape index (κ2) is 6.59. The van der Waals surface area contributed by atoms with Gasteiger partial charge in [-0.15, -0.1) is 0 Å². The minimum Gasteiger partial charge on any atom is -0.337 e. The van der Waals surface area contributed by atoms with Crippen molar-refractivity contribution in [3.63, 3.8) is 0 Å². The maximum atomic E-state index is 13.2. The van der Waals surface area contributed by atoms with Crippen LogP contribution in [0.2, 0.25) is 0 Å². The van der Waals surface area contributed by atoms with Crippen molar-refractivity contribution in [1.82, 2.24) is 24.3 Å². The number of aryl methyl sites for hydroxylation is 2. The number of hydrogen-bond donors (Lipinski definition) is 0. The zero-order valence-corrected chi connectivity index (χ0v) is 15.0. The summed E-state index contributed by atoms with van der Waals surface area (Å²) < 4.78 is 2.10. The fraction of sp³-hybridized carbons (Fsp3) is 0.526. The SMILES string of the molecule is Cc1ccnc(C(=O)N2Cc3ncn(C)c3CC2CN2CCCC2)c1. The highest BCUT2D eigenvalue weighted by molar-refractivity contribution is 5.92. The Morgan fingerprint density at radius 1 is 1.28 bits per heavy atom. The number of carbonyl (C=O) groups excluding carboxylic acids is 1. The molecule has 4 heterocycles. The molecule has 6 nitrogen and oxygen atoms in total. The summed E-state index contributed by atoms with van der Waals surface area (Å²) in [5.74, 6) is 0.0178. The smallest absolute Gasteiger partial charge is 0.273 e. The van der Waals surface area contributed by atoms with Gasteiger partial charge in [0.05, 0.1) is 24.6 Å². The summed E-state index contributed by atoms with van der Waals surface area (Å²) in [4.78, 5) is 26.4. The van der Waals surface area contributed by atoms with E-state index in [2.05, 4.69) is 19.4 Å². The van der Waals surface area contributed by atoms with Crippen LogP contribution in [0.5, 0.6) is 0 Å². The summed E-state index contributed by atoms with van der Waals surface area (Å²) in [5, 5.41) is 0. The maximum absolute atomic E-state index is 13.2. The third-order valence-corrected chi connectivity index (χ3v) is 5.40. The molecule has 132 valence electrons. The molecule has 2 aliphatic heterocycles. The van der Waals surface area contributed by atoms with Crippen molar-refractivity contribution in [2.24, 2.45) is 7.05 Å². The molecule has 2 aromatic rings. The third-order valence-electron chi connectivity index (χ3n) is 5.40. The Balaban J connectivity index is 1.63. The molecule has 6 heteroatoms. The summed E-state index contributed by atoms with van der Waals surface area (Å²) in [6.45, 7) is 5.78. The first-order valence-corrected chi connectivity index (χ1v) is 9.07. The van der Waals surface area contributed by atoms with Crippen LogP contribution in [0.15, 0.2) is 24.7 Å². The number of carbonyl (C=O) groups is 1. The largest absolute Gasteiger partial charge is 0.337 e. The number of pyridine rings is 1. The van der Waals surface area contributed by atoms with Crippen LogP contribution < -0.4 is 0 Å². The van der Waals surface area contributed by atoms with Crippen LogP contribution in [-0.2, 0) is 20.0 Å². The molecule has 0 radical (unpaired) electrons. The molecule has 0 N–H and O–H groups in total. The van der Waals surface area contributed by atoms with Gasteiger partial charge in [0, 0.05) is 31.9 Å². The van der Waals surface area contributed by atoms with E-state index in [0.29, 0.717) is 12.2 Å². The van der Waals surface area contributed by atoms with Gasteiger partial charge in [-0.2, -0.15) is 0 Å². The standard InChI is InChI=1S/C19H25N5O/c1-14-5-6-20-16(9-14)19(25)24-12-17-18(22(2)13-21-17)10-15(24)11-23-7-3-4-8-23/h5-6,9,13,15H,3-4,7-8,10-12H2,1-2H3. The quantitative estimate of drug-likeness (QED) is 0.855. The van der Waals surface area contributed by atoms with E-state index in [0.717, 1.165) is 37.3 Å². The number of rotatable bonds is 3. The van der Waals surface area contributed by atoms with E-state index in [-0.39, 0.29) is 11.9 Å². The molecule has 0 spiro atoms. The Morgan fingerprint density at radius 3 is 2.84 bits per heavy atom. The molecule has 2 aliphatic rings. The third kappa shape index (κ3) is 3.18. The molecule has 4 rings (SSSR count). The molecule has 0 aliphatic carbocycles. The van der Waals surface area contributed by atoms with Gasteiger partial charge in [0.25, 0.3) is 5.91 Å². The van der Waals surface area contributed by atoms with E-state index in [9.17, 15) is 4.79 Å². The molecule has 1 fully saturated rings. The fourth-order valence-corrected chi connectivity index (χ4v) is 3.99. The van der Waals surface area contributed by atoms with E-state index in [4.69, 9.17) is 0 Å². The highest BCUT2D eigenvalue weighted by atomic mass is 16.2. The highest BCUT2D eigenvalue weighted by Crippen LogP contribution is 2.25. The van der Waals surface area contributed by atoms with E-state index < -0.39 is 0 Å². The molecule has 1 amide bonds. The lowest BCUT2D eigenvalue weighted by atomic mass is 10.0. The van der Waals surface area contributed by atoms with E-state index in [1.165, 1.54) is 18.5 Å². The summed E-state index contributed by atoms with van der Waals surface area (Å²) in [7, 11) is 2.04. The minimum absolute atomic E-state index is 0.0178. The predicted octanol–water partition coefficient (Wildman–Crippen LogP) is 1.79. The summed E-state index contributed by atoms with van der Waals surface area (Å²) in [6.07, 6.45) is 6.96. The highest BCUT2D eigenvalue weighted by Gasteiger charge is 2.34. The number of imidazole rings is 1. The van der Waals surface area contributed by atoms with Crippen LogP contribution in [0.1, 0.15) is 40.3 Å². The van der Waals surface area contributed by atoms with E-state index in [1.807, 2.05) is 37.3 Å². The molecule has 25 heavy (non-hydrogen) atoms. The average molecular weight is 339 g/mol. The molecule has 1 saturated heterocycles. The second-order valence-electron chi connectivity index (χ2n) is 7.27. The minimum atomic E-state index is 0.0178. The van der Waals surface area contributed by atoms with Gasteiger partial charge in [0.15, 0.2) is 0 Å². The lowest BCUT2D eigenvalue weighted by Crippen LogP contribution is -2.50. The molecule has 2 aromatic heterocycles. The molecule has 0 saturated carbocycles. The Bertz CT molecular complexity index is 778. The topological polar surface area (TPSA) is 54.3 Å². The number of likely N-dealkylation sites (tertiary alicyclic amines) is 1. The van der Waals surface area contributed by atoms with Crippen molar-refractivity contribution in [3.8, 4) is 0 Å². The normalized spacial score (nSPS) is 20.7. The Hall–Kier alpha value is -2.21. The molecular weight excluding hydrogens is 314 g/mol. The zero-order chi connectivity index (χ0) is 17.4. The monoisotopic (exact) mass is 339 g/mol. The number of hydrogen-bond acceptors (Lipinski definition) is 4. The summed E-state index contributed by atoms with van der Waals surface area (Å²) in [5.41, 5.74) is 3.86. The lowest BCUT2D eigenvalue weighted by Gasteiger charge is -2.37. The van der Waals surface area contributed by atoms with Crippen LogP contribution >= 0.6 is 0 Å². The Morgan fingerprint density at radius 2 is 2.08 bits per heavy atom. The van der Waals surface area contributed by atoms with E-state index in [1.54, 1.807) is 6.20 Å². The molecule has 1 unspecified atom stereocenters. The fourth-order valence-electron chi connectivity index (χ4n) is 3.99. The molecule has 0 aromatic carbocycles. The van der Waals surface area contributed by atoms with Crippen LogP contribution in [-0.4, -0.2) is 55.9 Å². The summed E-state index contributed by atoms with van der Waals surface area (Å²) in [6, 6.07) is 3.98. The van der Waals surface area contributed by atoms with Gasteiger partial charge in [-0.3, -0.25) is 9.78 Å². The Kier molecular flexibility index (Phi) is 4.29. The van der Waals surface area contributed by atoms with Crippen LogP contribution in [0.3, 0.4) is 0 Å². The first-order chi connectivity index (χ1) is 12.1. The van der Waals surface area contributed by atoms with Crippen LogP contribution in [0, 0.1) is 6.92 Å². The first kappa shape index (κ1) is 16.3. The summed E-state index contributed by atoms with van der Waals surface area (Å²) >= 11 is 0. The van der Waals surface area contributed by atoms with Crippen molar-refractivity contribution < 1.29 is 4.79 Å². The number of nitrogens with zero attached hydrogens (tertiary/aromatic N) is 5. The molecule has 1 atom stereocenters. The van der Waals surface area contributed by atoms with Gasteiger partial charge in [-0.1, -0.05) is 0 Å². The molecule has 0 bridgehead atoms.